The quantitative estimate of drug-likeness (QED) is 0.886. The van der Waals surface area contributed by atoms with E-state index in [0.717, 1.165) is 18.2 Å². The summed E-state index contributed by atoms with van der Waals surface area (Å²) in [7, 11) is 1.85. The Morgan fingerprint density at radius 2 is 2.15 bits per heavy atom. The van der Waals surface area contributed by atoms with Crippen molar-refractivity contribution in [3.8, 4) is 0 Å². The Labute approximate surface area is 124 Å². The van der Waals surface area contributed by atoms with Crippen LogP contribution >= 0.6 is 11.8 Å². The molecule has 0 aliphatic heterocycles. The van der Waals surface area contributed by atoms with Crippen molar-refractivity contribution in [2.24, 2.45) is 13.0 Å². The average molecular weight is 291 g/mol. The average Bonchev–Trinajstić information content (AvgIpc) is 2.78. The normalized spacial score (nSPS) is 11.2. The van der Waals surface area contributed by atoms with Crippen LogP contribution in [0.2, 0.25) is 0 Å². The molecule has 0 spiro atoms. The molecule has 108 valence electrons. The van der Waals surface area contributed by atoms with Gasteiger partial charge in [-0.2, -0.15) is 0 Å². The van der Waals surface area contributed by atoms with E-state index in [1.807, 2.05) is 7.05 Å². The van der Waals surface area contributed by atoms with Crippen LogP contribution in [0.15, 0.2) is 28.3 Å². The minimum atomic E-state index is 0.652. The standard InChI is InChI=1S/C14H21N5S/c1-10(2)8-15-9-12-7-11(3)5-6-13(12)20-14-16-17-18-19(14)4/h5-7,10,15H,8-9H2,1-4H3. The number of hydrogen-bond acceptors (Lipinski definition) is 5. The van der Waals surface area contributed by atoms with E-state index in [0.29, 0.717) is 5.92 Å². The lowest BCUT2D eigenvalue weighted by atomic mass is 10.1. The molecule has 0 aliphatic rings. The Balaban J connectivity index is 2.13. The molecule has 20 heavy (non-hydrogen) atoms. The van der Waals surface area contributed by atoms with E-state index in [1.165, 1.54) is 16.0 Å². The lowest BCUT2D eigenvalue weighted by molar-refractivity contribution is 0.550. The van der Waals surface area contributed by atoms with Gasteiger partial charge in [0.2, 0.25) is 5.16 Å². The first-order valence-electron chi connectivity index (χ1n) is 6.76. The van der Waals surface area contributed by atoms with Crippen LogP contribution in [0.25, 0.3) is 0 Å². The first kappa shape index (κ1) is 15.0. The third-order valence-corrected chi connectivity index (χ3v) is 4.01. The second kappa shape index (κ2) is 6.85. The molecular formula is C14H21N5S. The monoisotopic (exact) mass is 291 g/mol. The van der Waals surface area contributed by atoms with Crippen LogP contribution in [0.4, 0.5) is 0 Å². The van der Waals surface area contributed by atoms with Gasteiger partial charge in [0.25, 0.3) is 0 Å². The summed E-state index contributed by atoms with van der Waals surface area (Å²) in [5, 5.41) is 15.9. The predicted octanol–water partition coefficient (Wildman–Crippen LogP) is 2.42. The zero-order valence-corrected chi connectivity index (χ0v) is 13.2. The van der Waals surface area contributed by atoms with Crippen LogP contribution in [-0.4, -0.2) is 26.8 Å². The van der Waals surface area contributed by atoms with Crippen molar-refractivity contribution in [2.45, 2.75) is 37.4 Å². The Morgan fingerprint density at radius 3 is 2.80 bits per heavy atom. The van der Waals surface area contributed by atoms with E-state index in [2.05, 4.69) is 59.8 Å². The van der Waals surface area contributed by atoms with Gasteiger partial charge in [0.05, 0.1) is 0 Å². The molecule has 0 unspecified atom stereocenters. The van der Waals surface area contributed by atoms with Crippen molar-refractivity contribution in [1.29, 1.82) is 0 Å². The Kier molecular flexibility index (Phi) is 5.14. The molecular weight excluding hydrogens is 270 g/mol. The summed E-state index contributed by atoms with van der Waals surface area (Å²) in [4.78, 5) is 1.20. The molecule has 0 aliphatic carbocycles. The molecule has 2 rings (SSSR count). The van der Waals surface area contributed by atoms with E-state index in [1.54, 1.807) is 16.4 Å². The van der Waals surface area contributed by atoms with E-state index < -0.39 is 0 Å². The molecule has 1 aromatic heterocycles. The van der Waals surface area contributed by atoms with Crippen LogP contribution in [0, 0.1) is 12.8 Å². The molecule has 0 bridgehead atoms. The maximum Gasteiger partial charge on any atom is 0.213 e. The highest BCUT2D eigenvalue weighted by Crippen LogP contribution is 2.29. The van der Waals surface area contributed by atoms with Crippen molar-refractivity contribution in [2.75, 3.05) is 6.54 Å². The molecule has 2 aromatic rings. The van der Waals surface area contributed by atoms with Crippen molar-refractivity contribution < 1.29 is 0 Å². The highest BCUT2D eigenvalue weighted by molar-refractivity contribution is 7.99. The third kappa shape index (κ3) is 4.05. The molecule has 0 atom stereocenters. The summed E-state index contributed by atoms with van der Waals surface area (Å²) in [6, 6.07) is 6.48. The number of nitrogens with zero attached hydrogens (tertiary/aromatic N) is 4. The van der Waals surface area contributed by atoms with Gasteiger partial charge in [-0.25, -0.2) is 4.68 Å². The number of hydrogen-bond donors (Lipinski definition) is 1. The van der Waals surface area contributed by atoms with Crippen molar-refractivity contribution in [3.05, 3.63) is 29.3 Å². The van der Waals surface area contributed by atoms with Crippen LogP contribution in [0.1, 0.15) is 25.0 Å². The third-order valence-electron chi connectivity index (χ3n) is 2.87. The molecule has 0 saturated carbocycles. The first-order valence-corrected chi connectivity index (χ1v) is 7.58. The maximum absolute atomic E-state index is 4.03. The van der Waals surface area contributed by atoms with E-state index in [9.17, 15) is 0 Å². The zero-order chi connectivity index (χ0) is 14.5. The first-order chi connectivity index (χ1) is 9.56. The number of rotatable bonds is 6. The van der Waals surface area contributed by atoms with Crippen LogP contribution < -0.4 is 5.32 Å². The predicted molar refractivity (Wildman–Crippen MR) is 80.6 cm³/mol. The lowest BCUT2D eigenvalue weighted by Crippen LogP contribution is -2.19. The molecule has 1 N–H and O–H groups in total. The minimum absolute atomic E-state index is 0.652. The fraction of sp³-hybridized carbons (Fsp3) is 0.500. The zero-order valence-electron chi connectivity index (χ0n) is 12.4. The topological polar surface area (TPSA) is 55.6 Å². The van der Waals surface area contributed by atoms with E-state index in [-0.39, 0.29) is 0 Å². The molecule has 1 aromatic carbocycles. The summed E-state index contributed by atoms with van der Waals surface area (Å²) in [5.41, 5.74) is 2.56. The fourth-order valence-corrected chi connectivity index (χ4v) is 2.69. The SMILES string of the molecule is Cc1ccc(Sc2nnnn2C)c(CNCC(C)C)c1. The second-order valence-corrected chi connectivity index (χ2v) is 6.33. The number of tetrazole rings is 1. The Morgan fingerprint density at radius 1 is 1.35 bits per heavy atom. The van der Waals surface area contributed by atoms with Gasteiger partial charge in [-0.05, 0) is 53.2 Å². The van der Waals surface area contributed by atoms with Gasteiger partial charge in [-0.1, -0.05) is 31.5 Å². The highest BCUT2D eigenvalue weighted by Gasteiger charge is 2.09. The van der Waals surface area contributed by atoms with Gasteiger partial charge < -0.3 is 5.32 Å². The lowest BCUT2D eigenvalue weighted by Gasteiger charge is -2.12. The van der Waals surface area contributed by atoms with Gasteiger partial charge in [-0.3, -0.25) is 0 Å². The molecule has 5 nitrogen and oxygen atoms in total. The van der Waals surface area contributed by atoms with Gasteiger partial charge in [0.1, 0.15) is 0 Å². The number of nitrogens with one attached hydrogen (secondary N) is 1. The molecule has 0 fully saturated rings. The van der Waals surface area contributed by atoms with Gasteiger partial charge in [0, 0.05) is 18.5 Å². The van der Waals surface area contributed by atoms with Crippen molar-refractivity contribution in [3.63, 3.8) is 0 Å². The maximum atomic E-state index is 4.03. The molecule has 0 radical (unpaired) electrons. The summed E-state index contributed by atoms with van der Waals surface area (Å²) >= 11 is 1.60. The van der Waals surface area contributed by atoms with E-state index in [4.69, 9.17) is 0 Å². The number of aryl methyl sites for hydroxylation is 2. The highest BCUT2D eigenvalue weighted by atomic mass is 32.2. The fourth-order valence-electron chi connectivity index (χ4n) is 1.85. The van der Waals surface area contributed by atoms with Crippen LogP contribution in [0.3, 0.4) is 0 Å². The van der Waals surface area contributed by atoms with Gasteiger partial charge in [-0.15, -0.1) is 5.10 Å². The summed E-state index contributed by atoms with van der Waals surface area (Å²) < 4.78 is 1.69. The van der Waals surface area contributed by atoms with Crippen LogP contribution in [0.5, 0.6) is 0 Å². The van der Waals surface area contributed by atoms with Crippen LogP contribution in [-0.2, 0) is 13.6 Å². The molecule has 0 amide bonds. The van der Waals surface area contributed by atoms with Gasteiger partial charge >= 0.3 is 0 Å². The summed E-state index contributed by atoms with van der Waals surface area (Å²) in [6.07, 6.45) is 0. The summed E-state index contributed by atoms with van der Waals surface area (Å²) in [6.45, 7) is 8.43. The number of aromatic nitrogens is 4. The minimum Gasteiger partial charge on any atom is -0.312 e. The molecule has 0 saturated heterocycles. The largest absolute Gasteiger partial charge is 0.312 e. The smallest absolute Gasteiger partial charge is 0.213 e. The summed E-state index contributed by atoms with van der Waals surface area (Å²) in [5.74, 6) is 0.652. The van der Waals surface area contributed by atoms with Crippen molar-refractivity contribution in [1.82, 2.24) is 25.5 Å². The molecule has 6 heteroatoms. The van der Waals surface area contributed by atoms with Gasteiger partial charge in [0.15, 0.2) is 0 Å². The number of benzene rings is 1. The second-order valence-electron chi connectivity index (χ2n) is 5.32. The Bertz CT molecular complexity index is 564. The van der Waals surface area contributed by atoms with E-state index >= 15 is 0 Å². The Hall–Kier alpha value is -1.40. The molecule has 1 heterocycles. The van der Waals surface area contributed by atoms with Crippen molar-refractivity contribution >= 4 is 11.8 Å².